The molecule has 0 aromatic rings. The summed E-state index contributed by atoms with van der Waals surface area (Å²) in [5.41, 5.74) is 0.0373. The summed E-state index contributed by atoms with van der Waals surface area (Å²) < 4.78 is 5.63. The largest absolute Gasteiger partial charge is 0.375 e. The number of ether oxygens (including phenoxy) is 1. The van der Waals surface area contributed by atoms with Gasteiger partial charge in [-0.3, -0.25) is 0 Å². The normalized spacial score (nSPS) is 26.2. The number of rotatable bonds is 2. The van der Waals surface area contributed by atoms with Crippen LogP contribution in [0.2, 0.25) is 0 Å². The van der Waals surface area contributed by atoms with Crippen LogP contribution in [0.4, 0.5) is 0 Å². The predicted molar refractivity (Wildman–Crippen MR) is 54.5 cm³/mol. The van der Waals surface area contributed by atoms with Crippen molar-refractivity contribution in [2.75, 3.05) is 13.2 Å². The molecule has 1 aliphatic rings. The molecule has 2 nitrogen and oxygen atoms in total. The highest BCUT2D eigenvalue weighted by molar-refractivity contribution is 4.98. The first-order valence-electron chi connectivity index (χ1n) is 4.91. The van der Waals surface area contributed by atoms with E-state index in [2.05, 4.69) is 31.0 Å². The van der Waals surface area contributed by atoms with E-state index >= 15 is 0 Å². The third-order valence-electron chi connectivity index (χ3n) is 2.35. The monoisotopic (exact) mass is 181 g/mol. The summed E-state index contributed by atoms with van der Waals surface area (Å²) >= 11 is 0. The Hall–Kier alpha value is -0.520. The van der Waals surface area contributed by atoms with Gasteiger partial charge in [0.1, 0.15) is 0 Å². The van der Waals surface area contributed by atoms with Crippen LogP contribution in [-0.2, 0) is 4.74 Å². The van der Waals surface area contributed by atoms with Gasteiger partial charge >= 0.3 is 0 Å². The van der Waals surface area contributed by atoms with Gasteiger partial charge in [0.25, 0.3) is 0 Å². The van der Waals surface area contributed by atoms with Crippen molar-refractivity contribution in [2.24, 2.45) is 0 Å². The maximum atomic E-state index is 5.63. The Morgan fingerprint density at radius 1 is 1.54 bits per heavy atom. The molecule has 0 saturated carbocycles. The minimum absolute atomic E-state index is 0.0373. The second-order valence-electron chi connectivity index (χ2n) is 4.11. The zero-order chi connectivity index (χ0) is 9.73. The van der Waals surface area contributed by atoms with Crippen LogP contribution < -0.4 is 5.32 Å². The third-order valence-corrected chi connectivity index (χ3v) is 2.35. The molecule has 1 unspecified atom stereocenters. The van der Waals surface area contributed by atoms with E-state index in [0.29, 0.717) is 6.04 Å². The van der Waals surface area contributed by atoms with Gasteiger partial charge in [-0.05, 0) is 33.6 Å². The Morgan fingerprint density at radius 3 is 2.92 bits per heavy atom. The summed E-state index contributed by atoms with van der Waals surface area (Å²) in [6, 6.07) is 0.574. The van der Waals surface area contributed by atoms with E-state index in [1.807, 2.05) is 6.92 Å². The highest BCUT2D eigenvalue weighted by Crippen LogP contribution is 2.23. The summed E-state index contributed by atoms with van der Waals surface area (Å²) in [7, 11) is 0. The fourth-order valence-electron chi connectivity index (χ4n) is 1.69. The lowest BCUT2D eigenvalue weighted by Crippen LogP contribution is -2.43. The molecule has 0 radical (unpaired) electrons. The molecule has 1 saturated heterocycles. The quantitative estimate of drug-likeness (QED) is 0.653. The van der Waals surface area contributed by atoms with E-state index in [9.17, 15) is 0 Å². The van der Waals surface area contributed by atoms with Crippen LogP contribution in [-0.4, -0.2) is 24.8 Å². The molecule has 0 aromatic carbocycles. The topological polar surface area (TPSA) is 21.3 Å². The molecule has 0 aliphatic carbocycles. The highest BCUT2D eigenvalue weighted by atomic mass is 16.5. The lowest BCUT2D eigenvalue weighted by atomic mass is 9.94. The molecule has 2 heteroatoms. The summed E-state index contributed by atoms with van der Waals surface area (Å²) in [5.74, 6) is 5.91. The van der Waals surface area contributed by atoms with Gasteiger partial charge in [0.2, 0.25) is 0 Å². The van der Waals surface area contributed by atoms with Crippen molar-refractivity contribution in [3.8, 4) is 11.8 Å². The van der Waals surface area contributed by atoms with Gasteiger partial charge < -0.3 is 10.1 Å². The SMILES string of the molecule is CC#CCNC1CCOC(C)(C)C1. The first-order chi connectivity index (χ1) is 6.14. The molecule has 1 atom stereocenters. The van der Waals surface area contributed by atoms with Crippen molar-refractivity contribution in [1.29, 1.82) is 0 Å². The van der Waals surface area contributed by atoms with Gasteiger partial charge in [-0.15, -0.1) is 5.92 Å². The van der Waals surface area contributed by atoms with Crippen LogP contribution in [0.1, 0.15) is 33.6 Å². The van der Waals surface area contributed by atoms with Gasteiger partial charge in [-0.2, -0.15) is 0 Å². The van der Waals surface area contributed by atoms with Gasteiger partial charge in [0, 0.05) is 12.6 Å². The Morgan fingerprint density at radius 2 is 2.31 bits per heavy atom. The molecular weight excluding hydrogens is 162 g/mol. The smallest absolute Gasteiger partial charge is 0.0641 e. The molecule has 0 spiro atoms. The van der Waals surface area contributed by atoms with Gasteiger partial charge in [0.05, 0.1) is 12.1 Å². The minimum Gasteiger partial charge on any atom is -0.375 e. The number of hydrogen-bond donors (Lipinski definition) is 1. The van der Waals surface area contributed by atoms with Crippen LogP contribution in [0.5, 0.6) is 0 Å². The first kappa shape index (κ1) is 10.6. The van der Waals surface area contributed by atoms with Crippen molar-refractivity contribution >= 4 is 0 Å². The van der Waals surface area contributed by atoms with E-state index in [4.69, 9.17) is 4.74 Å². The van der Waals surface area contributed by atoms with Crippen LogP contribution >= 0.6 is 0 Å². The molecule has 0 amide bonds. The first-order valence-corrected chi connectivity index (χ1v) is 4.91. The lowest BCUT2D eigenvalue weighted by molar-refractivity contribution is -0.0623. The zero-order valence-corrected chi connectivity index (χ0v) is 8.81. The zero-order valence-electron chi connectivity index (χ0n) is 8.81. The molecule has 0 aromatic heterocycles. The van der Waals surface area contributed by atoms with Crippen molar-refractivity contribution in [3.63, 3.8) is 0 Å². The maximum absolute atomic E-state index is 5.63. The van der Waals surface area contributed by atoms with E-state index in [-0.39, 0.29) is 5.60 Å². The Bertz CT molecular complexity index is 212. The summed E-state index contributed by atoms with van der Waals surface area (Å²) in [4.78, 5) is 0. The second-order valence-corrected chi connectivity index (χ2v) is 4.11. The van der Waals surface area contributed by atoms with Crippen molar-refractivity contribution < 1.29 is 4.74 Å². The average molecular weight is 181 g/mol. The van der Waals surface area contributed by atoms with Gasteiger partial charge in [-0.25, -0.2) is 0 Å². The van der Waals surface area contributed by atoms with Crippen molar-refractivity contribution in [1.82, 2.24) is 5.32 Å². The summed E-state index contributed by atoms with van der Waals surface area (Å²) in [6.45, 7) is 7.83. The molecule has 1 aliphatic heterocycles. The van der Waals surface area contributed by atoms with Crippen LogP contribution in [0.3, 0.4) is 0 Å². The van der Waals surface area contributed by atoms with Crippen LogP contribution in [0.25, 0.3) is 0 Å². The molecule has 0 bridgehead atoms. The lowest BCUT2D eigenvalue weighted by Gasteiger charge is -2.35. The second kappa shape index (κ2) is 4.64. The Kier molecular flexibility index (Phi) is 3.77. The van der Waals surface area contributed by atoms with E-state index in [1.54, 1.807) is 0 Å². The number of nitrogens with one attached hydrogen (secondary N) is 1. The Balaban J connectivity index is 2.29. The van der Waals surface area contributed by atoms with Gasteiger partial charge in [-0.1, -0.05) is 5.92 Å². The molecule has 13 heavy (non-hydrogen) atoms. The average Bonchev–Trinajstić information content (AvgIpc) is 2.03. The van der Waals surface area contributed by atoms with Gasteiger partial charge in [0.15, 0.2) is 0 Å². The highest BCUT2D eigenvalue weighted by Gasteiger charge is 2.27. The van der Waals surface area contributed by atoms with E-state index in [1.165, 1.54) is 0 Å². The molecule has 1 N–H and O–H groups in total. The molecule has 1 fully saturated rings. The maximum Gasteiger partial charge on any atom is 0.0641 e. The molecule has 74 valence electrons. The van der Waals surface area contributed by atoms with Crippen molar-refractivity contribution in [3.05, 3.63) is 0 Å². The fraction of sp³-hybridized carbons (Fsp3) is 0.818. The fourth-order valence-corrected chi connectivity index (χ4v) is 1.69. The minimum atomic E-state index is 0.0373. The summed E-state index contributed by atoms with van der Waals surface area (Å²) in [6.07, 6.45) is 2.19. The van der Waals surface area contributed by atoms with Crippen molar-refractivity contribution in [2.45, 2.75) is 45.3 Å². The predicted octanol–water partition coefficient (Wildman–Crippen LogP) is 1.56. The third kappa shape index (κ3) is 3.80. The molecule has 1 heterocycles. The summed E-state index contributed by atoms with van der Waals surface area (Å²) in [5, 5.41) is 3.42. The van der Waals surface area contributed by atoms with E-state index < -0.39 is 0 Å². The Labute approximate surface area is 81.0 Å². The number of hydrogen-bond acceptors (Lipinski definition) is 2. The van der Waals surface area contributed by atoms with E-state index in [0.717, 1.165) is 26.0 Å². The van der Waals surface area contributed by atoms with Crippen LogP contribution in [0.15, 0.2) is 0 Å². The molecular formula is C11H19NO. The van der Waals surface area contributed by atoms with Crippen LogP contribution in [0, 0.1) is 11.8 Å². The standard InChI is InChI=1S/C11H19NO/c1-4-5-7-12-10-6-8-13-11(2,3)9-10/h10,12H,6-9H2,1-3H3. The molecule has 1 rings (SSSR count).